The Morgan fingerprint density at radius 1 is 1.57 bits per heavy atom. The third-order valence-corrected chi connectivity index (χ3v) is 2.39. The third-order valence-electron chi connectivity index (χ3n) is 1.73. The molecule has 0 saturated heterocycles. The molecule has 0 amide bonds. The van der Waals surface area contributed by atoms with Crippen molar-refractivity contribution in [1.82, 2.24) is 0 Å². The first-order valence-electron chi connectivity index (χ1n) is 3.98. The maximum Gasteiger partial charge on any atom is 0.169 e. The summed E-state index contributed by atoms with van der Waals surface area (Å²) >= 11 is 3.06. The van der Waals surface area contributed by atoms with Crippen molar-refractivity contribution in [3.8, 4) is 5.75 Å². The van der Waals surface area contributed by atoms with Crippen LogP contribution in [0, 0.1) is 5.82 Å². The molecule has 0 heterocycles. The van der Waals surface area contributed by atoms with Gasteiger partial charge in [0.05, 0.1) is 5.56 Å². The molecule has 0 fully saturated rings. The Morgan fingerprint density at radius 3 is 2.79 bits per heavy atom. The molecule has 0 aliphatic heterocycles. The van der Waals surface area contributed by atoms with E-state index in [4.69, 9.17) is 5.73 Å². The molecule has 0 unspecified atom stereocenters. The van der Waals surface area contributed by atoms with Crippen LogP contribution in [0.2, 0.25) is 0 Å². The lowest BCUT2D eigenvalue weighted by Crippen LogP contribution is -2.09. The number of rotatable bonds is 3. The molecule has 76 valence electrons. The van der Waals surface area contributed by atoms with E-state index < -0.39 is 11.6 Å². The van der Waals surface area contributed by atoms with Gasteiger partial charge in [0.2, 0.25) is 0 Å². The second-order valence-corrected chi connectivity index (χ2v) is 3.57. The molecule has 1 aromatic rings. The van der Waals surface area contributed by atoms with Gasteiger partial charge >= 0.3 is 0 Å². The van der Waals surface area contributed by atoms with Crippen molar-refractivity contribution in [3.05, 3.63) is 28.0 Å². The van der Waals surface area contributed by atoms with E-state index in [-0.39, 0.29) is 24.3 Å². The summed E-state index contributed by atoms with van der Waals surface area (Å²) in [6, 6.07) is 2.46. The fourth-order valence-corrected chi connectivity index (χ4v) is 1.60. The minimum Gasteiger partial charge on any atom is -0.504 e. The highest BCUT2D eigenvalue weighted by molar-refractivity contribution is 9.10. The summed E-state index contributed by atoms with van der Waals surface area (Å²) in [5.74, 6) is -1.82. The van der Waals surface area contributed by atoms with Crippen molar-refractivity contribution in [2.75, 3.05) is 6.54 Å². The minimum atomic E-state index is -0.812. The summed E-state index contributed by atoms with van der Waals surface area (Å²) in [5, 5.41) is 9.31. The lowest BCUT2D eigenvalue weighted by atomic mass is 10.1. The van der Waals surface area contributed by atoms with E-state index in [1.165, 1.54) is 6.07 Å². The topological polar surface area (TPSA) is 63.3 Å². The SMILES string of the molecule is NCCC(=O)c1c(Br)ccc(F)c1O. The number of ketones is 1. The molecule has 3 nitrogen and oxygen atoms in total. The Kier molecular flexibility index (Phi) is 3.60. The average Bonchev–Trinajstić information content (AvgIpc) is 2.13. The number of hydrogen-bond donors (Lipinski definition) is 2. The smallest absolute Gasteiger partial charge is 0.169 e. The van der Waals surface area contributed by atoms with Crippen LogP contribution in [0.15, 0.2) is 16.6 Å². The summed E-state index contributed by atoms with van der Waals surface area (Å²) in [7, 11) is 0. The molecule has 0 aliphatic carbocycles. The van der Waals surface area contributed by atoms with E-state index in [2.05, 4.69) is 15.9 Å². The van der Waals surface area contributed by atoms with Crippen LogP contribution >= 0.6 is 15.9 Å². The minimum absolute atomic E-state index is 0.0459. The number of nitrogens with two attached hydrogens (primary N) is 1. The Hall–Kier alpha value is -0.940. The van der Waals surface area contributed by atoms with Crippen molar-refractivity contribution >= 4 is 21.7 Å². The van der Waals surface area contributed by atoms with Crippen LogP contribution in [0.5, 0.6) is 5.75 Å². The summed E-state index contributed by atoms with van der Waals surface area (Å²) < 4.78 is 13.3. The third kappa shape index (κ3) is 2.10. The average molecular weight is 262 g/mol. The van der Waals surface area contributed by atoms with Gasteiger partial charge in [0.15, 0.2) is 17.3 Å². The molecule has 3 N–H and O–H groups in total. The van der Waals surface area contributed by atoms with Crippen LogP contribution in [-0.4, -0.2) is 17.4 Å². The van der Waals surface area contributed by atoms with Gasteiger partial charge in [-0.2, -0.15) is 0 Å². The van der Waals surface area contributed by atoms with E-state index in [1.54, 1.807) is 0 Å². The number of phenolic OH excluding ortho intramolecular Hbond substituents is 1. The van der Waals surface area contributed by atoms with Crippen LogP contribution in [0.4, 0.5) is 4.39 Å². The number of carbonyl (C=O) groups excluding carboxylic acids is 1. The molecule has 0 bridgehead atoms. The number of benzene rings is 1. The number of halogens is 2. The molecule has 0 saturated carbocycles. The van der Waals surface area contributed by atoms with Crippen LogP contribution < -0.4 is 5.73 Å². The van der Waals surface area contributed by atoms with Crippen LogP contribution in [0.1, 0.15) is 16.8 Å². The Bertz CT molecular complexity index is 368. The monoisotopic (exact) mass is 261 g/mol. The summed E-state index contributed by atoms with van der Waals surface area (Å²) in [6.45, 7) is 0.168. The van der Waals surface area contributed by atoms with Gasteiger partial charge in [0.25, 0.3) is 0 Å². The molecular weight excluding hydrogens is 253 g/mol. The fourth-order valence-electron chi connectivity index (χ4n) is 1.06. The molecule has 0 aliphatic rings. The van der Waals surface area contributed by atoms with Gasteiger partial charge in [-0.3, -0.25) is 4.79 Å². The van der Waals surface area contributed by atoms with Gasteiger partial charge in [-0.1, -0.05) is 0 Å². The zero-order chi connectivity index (χ0) is 10.7. The number of hydrogen-bond acceptors (Lipinski definition) is 3. The predicted octanol–water partition coefficient (Wildman–Crippen LogP) is 1.83. The Labute approximate surface area is 88.9 Å². The Morgan fingerprint density at radius 2 is 2.21 bits per heavy atom. The standard InChI is InChI=1S/C9H9BrFNO2/c10-5-1-2-6(11)9(14)8(5)7(13)3-4-12/h1-2,14H,3-4,12H2. The van der Waals surface area contributed by atoms with Gasteiger partial charge in [0, 0.05) is 10.9 Å². The molecule has 0 spiro atoms. The highest BCUT2D eigenvalue weighted by Gasteiger charge is 2.17. The fraction of sp³-hybridized carbons (Fsp3) is 0.222. The molecule has 0 atom stereocenters. The molecule has 5 heteroatoms. The van der Waals surface area contributed by atoms with Crippen LogP contribution in [0.25, 0.3) is 0 Å². The van der Waals surface area contributed by atoms with Crippen LogP contribution in [-0.2, 0) is 0 Å². The summed E-state index contributed by atoms with van der Waals surface area (Å²) in [5.41, 5.74) is 5.15. The molecule has 0 aromatic heterocycles. The van der Waals surface area contributed by atoms with E-state index in [1.807, 2.05) is 0 Å². The first-order valence-corrected chi connectivity index (χ1v) is 4.77. The zero-order valence-electron chi connectivity index (χ0n) is 7.26. The predicted molar refractivity (Wildman–Crippen MR) is 53.8 cm³/mol. The van der Waals surface area contributed by atoms with Crippen molar-refractivity contribution in [3.63, 3.8) is 0 Å². The van der Waals surface area contributed by atoms with Gasteiger partial charge in [-0.25, -0.2) is 4.39 Å². The lowest BCUT2D eigenvalue weighted by molar-refractivity contribution is 0.0981. The number of Topliss-reactive ketones (excluding diaryl/α,β-unsaturated/α-hetero) is 1. The molecule has 1 rings (SSSR count). The number of aromatic hydroxyl groups is 1. The van der Waals surface area contributed by atoms with Crippen molar-refractivity contribution in [2.45, 2.75) is 6.42 Å². The summed E-state index contributed by atoms with van der Waals surface area (Å²) in [4.78, 5) is 11.4. The van der Waals surface area contributed by atoms with E-state index in [0.717, 1.165) is 6.07 Å². The number of phenols is 1. The van der Waals surface area contributed by atoms with Crippen molar-refractivity contribution in [2.24, 2.45) is 5.73 Å². The Balaban J connectivity index is 3.18. The lowest BCUT2D eigenvalue weighted by Gasteiger charge is -2.05. The maximum absolute atomic E-state index is 12.9. The molecule has 0 radical (unpaired) electrons. The highest BCUT2D eigenvalue weighted by Crippen LogP contribution is 2.29. The van der Waals surface area contributed by atoms with Gasteiger partial charge in [-0.05, 0) is 34.6 Å². The van der Waals surface area contributed by atoms with Crippen LogP contribution in [0.3, 0.4) is 0 Å². The maximum atomic E-state index is 12.9. The highest BCUT2D eigenvalue weighted by atomic mass is 79.9. The first kappa shape index (κ1) is 11.1. The quantitative estimate of drug-likeness (QED) is 0.817. The van der Waals surface area contributed by atoms with E-state index in [9.17, 15) is 14.3 Å². The molecule has 1 aromatic carbocycles. The van der Waals surface area contributed by atoms with E-state index >= 15 is 0 Å². The largest absolute Gasteiger partial charge is 0.504 e. The van der Waals surface area contributed by atoms with Gasteiger partial charge < -0.3 is 10.8 Å². The van der Waals surface area contributed by atoms with Crippen molar-refractivity contribution in [1.29, 1.82) is 0 Å². The second kappa shape index (κ2) is 4.52. The van der Waals surface area contributed by atoms with E-state index in [0.29, 0.717) is 4.47 Å². The van der Waals surface area contributed by atoms with Gasteiger partial charge in [0.1, 0.15) is 0 Å². The molecular formula is C9H9BrFNO2. The van der Waals surface area contributed by atoms with Crippen molar-refractivity contribution < 1.29 is 14.3 Å². The van der Waals surface area contributed by atoms with Gasteiger partial charge in [-0.15, -0.1) is 0 Å². The number of carbonyl (C=O) groups is 1. The molecule has 14 heavy (non-hydrogen) atoms. The normalized spacial score (nSPS) is 10.2. The second-order valence-electron chi connectivity index (χ2n) is 2.71. The first-order chi connectivity index (χ1) is 6.57. The zero-order valence-corrected chi connectivity index (χ0v) is 8.84. The summed E-state index contributed by atoms with van der Waals surface area (Å²) in [6.07, 6.45) is 0.0790.